The molecule has 8 heteroatoms. The zero-order valence-corrected chi connectivity index (χ0v) is 22.6. The molecule has 0 spiro atoms. The average molecular weight is 543 g/mol. The first kappa shape index (κ1) is 26.5. The summed E-state index contributed by atoms with van der Waals surface area (Å²) in [6.45, 7) is 2.02. The normalized spacial score (nSPS) is 16.9. The van der Waals surface area contributed by atoms with Crippen LogP contribution in [0.25, 0.3) is 0 Å². The second kappa shape index (κ2) is 11.3. The van der Waals surface area contributed by atoms with Crippen molar-refractivity contribution in [1.82, 2.24) is 4.31 Å². The van der Waals surface area contributed by atoms with Gasteiger partial charge < -0.3 is 14.8 Å². The van der Waals surface area contributed by atoms with Crippen LogP contribution in [-0.4, -0.2) is 25.8 Å². The number of rotatable bonds is 9. The maximum Gasteiger partial charge on any atom is 0.308 e. The lowest BCUT2D eigenvalue weighted by molar-refractivity contribution is -0.146. The molecular weight excluding hydrogens is 512 g/mol. The summed E-state index contributed by atoms with van der Waals surface area (Å²) in [5.41, 5.74) is 4.07. The first-order valence-electron chi connectivity index (χ1n) is 12.7. The number of esters is 1. The Morgan fingerprint density at radius 1 is 0.846 bits per heavy atom. The van der Waals surface area contributed by atoms with Crippen molar-refractivity contribution in [3.05, 3.63) is 125 Å². The number of fused-ring (bicyclic) bond motifs is 1. The van der Waals surface area contributed by atoms with Crippen molar-refractivity contribution >= 4 is 21.7 Å². The van der Waals surface area contributed by atoms with Gasteiger partial charge in [-0.05, 0) is 60.0 Å². The standard InChI is InChI=1S/C31H30N2O5S/c1-22-12-18-26(19-13-22)39(35,36)33-29(20-30(34)38-21-23-8-4-3-5-9-23)27-10-6-7-11-28(27)31(33)32-24-14-16-25(37-2)17-15-24/h3-19,29,31-32H,20-21H2,1-2H3/t29-,31-/m1/s1. The molecule has 7 nitrogen and oxygen atoms in total. The van der Waals surface area contributed by atoms with Gasteiger partial charge in [0.2, 0.25) is 10.0 Å². The summed E-state index contributed by atoms with van der Waals surface area (Å²) < 4.78 is 40.6. The fourth-order valence-corrected chi connectivity index (χ4v) is 6.49. The van der Waals surface area contributed by atoms with Crippen molar-refractivity contribution in [2.24, 2.45) is 0 Å². The van der Waals surface area contributed by atoms with Crippen LogP contribution >= 0.6 is 0 Å². The van der Waals surface area contributed by atoms with E-state index >= 15 is 0 Å². The largest absolute Gasteiger partial charge is 0.497 e. The minimum Gasteiger partial charge on any atom is -0.497 e. The molecule has 0 unspecified atom stereocenters. The van der Waals surface area contributed by atoms with E-state index in [1.54, 1.807) is 43.5 Å². The number of carbonyl (C=O) groups excluding carboxylic acids is 1. The average Bonchev–Trinajstić information content (AvgIpc) is 3.26. The minimum absolute atomic E-state index is 0.117. The van der Waals surface area contributed by atoms with Gasteiger partial charge in [-0.1, -0.05) is 72.3 Å². The third-order valence-corrected chi connectivity index (χ3v) is 8.69. The van der Waals surface area contributed by atoms with Crippen LogP contribution in [0.3, 0.4) is 0 Å². The Morgan fingerprint density at radius 3 is 2.15 bits per heavy atom. The molecule has 5 rings (SSSR count). The van der Waals surface area contributed by atoms with Gasteiger partial charge in [0.1, 0.15) is 18.5 Å². The summed E-state index contributed by atoms with van der Waals surface area (Å²) in [5.74, 6) is 0.211. The maximum atomic E-state index is 14.2. The van der Waals surface area contributed by atoms with E-state index in [2.05, 4.69) is 5.32 Å². The number of methoxy groups -OCH3 is 1. The summed E-state index contributed by atoms with van der Waals surface area (Å²) in [4.78, 5) is 13.3. The van der Waals surface area contributed by atoms with Crippen molar-refractivity contribution in [2.45, 2.75) is 37.1 Å². The molecule has 0 amide bonds. The van der Waals surface area contributed by atoms with Gasteiger partial charge in [0.05, 0.1) is 24.5 Å². The fraction of sp³-hybridized carbons (Fsp3) is 0.194. The van der Waals surface area contributed by atoms with E-state index in [1.165, 1.54) is 4.31 Å². The van der Waals surface area contributed by atoms with Gasteiger partial charge in [-0.3, -0.25) is 4.79 Å². The van der Waals surface area contributed by atoms with Crippen molar-refractivity contribution in [2.75, 3.05) is 12.4 Å². The number of carbonyl (C=O) groups is 1. The second-order valence-electron chi connectivity index (χ2n) is 9.42. The molecule has 39 heavy (non-hydrogen) atoms. The highest BCUT2D eigenvalue weighted by Gasteiger charge is 2.46. The number of benzene rings is 4. The molecule has 4 aromatic rings. The Bertz CT molecular complexity index is 1540. The molecule has 4 aromatic carbocycles. The van der Waals surface area contributed by atoms with Gasteiger partial charge in [-0.2, -0.15) is 4.31 Å². The Labute approximate surface area is 229 Å². The van der Waals surface area contributed by atoms with Gasteiger partial charge in [0, 0.05) is 5.69 Å². The molecule has 0 aromatic heterocycles. The monoisotopic (exact) mass is 542 g/mol. The lowest BCUT2D eigenvalue weighted by Crippen LogP contribution is -2.37. The number of ether oxygens (including phenoxy) is 2. The number of nitrogens with zero attached hydrogens (tertiary/aromatic N) is 1. The van der Waals surface area contributed by atoms with Crippen LogP contribution in [0, 0.1) is 6.92 Å². The molecule has 0 bridgehead atoms. The summed E-state index contributed by atoms with van der Waals surface area (Å²) >= 11 is 0. The van der Waals surface area contributed by atoms with E-state index in [1.807, 2.05) is 73.7 Å². The molecule has 0 saturated carbocycles. The third kappa shape index (κ3) is 5.67. The quantitative estimate of drug-likeness (QED) is 0.262. The fourth-order valence-electron chi connectivity index (χ4n) is 4.80. The molecule has 2 atom stereocenters. The molecule has 0 aliphatic carbocycles. The van der Waals surface area contributed by atoms with Crippen LogP contribution in [0.1, 0.15) is 40.9 Å². The zero-order valence-electron chi connectivity index (χ0n) is 21.8. The summed E-state index contributed by atoms with van der Waals surface area (Å²) in [5, 5.41) is 3.39. The molecule has 200 valence electrons. The zero-order chi connectivity index (χ0) is 27.4. The van der Waals surface area contributed by atoms with Gasteiger partial charge in [0.15, 0.2) is 0 Å². The lowest BCUT2D eigenvalue weighted by atomic mass is 10.0. The Kier molecular flexibility index (Phi) is 7.67. The van der Waals surface area contributed by atoms with Crippen molar-refractivity contribution < 1.29 is 22.7 Å². The number of aryl methyl sites for hydroxylation is 1. The number of hydrogen-bond donors (Lipinski definition) is 1. The van der Waals surface area contributed by atoms with E-state index in [0.717, 1.165) is 22.3 Å². The molecule has 1 aliphatic rings. The molecule has 1 aliphatic heterocycles. The maximum absolute atomic E-state index is 14.2. The highest BCUT2D eigenvalue weighted by molar-refractivity contribution is 7.89. The Morgan fingerprint density at radius 2 is 1.49 bits per heavy atom. The van der Waals surface area contributed by atoms with E-state index in [4.69, 9.17) is 9.47 Å². The molecule has 1 N–H and O–H groups in total. The first-order chi connectivity index (χ1) is 18.9. The minimum atomic E-state index is -4.03. The van der Waals surface area contributed by atoms with E-state index in [-0.39, 0.29) is 17.9 Å². The van der Waals surface area contributed by atoms with Crippen LogP contribution in [0.5, 0.6) is 5.75 Å². The first-order valence-corrected chi connectivity index (χ1v) is 14.1. The molecular formula is C31H30N2O5S. The van der Waals surface area contributed by atoms with Gasteiger partial charge in [-0.25, -0.2) is 8.42 Å². The van der Waals surface area contributed by atoms with E-state index < -0.39 is 28.2 Å². The van der Waals surface area contributed by atoms with Crippen LogP contribution < -0.4 is 10.1 Å². The van der Waals surface area contributed by atoms with Crippen molar-refractivity contribution in [3.63, 3.8) is 0 Å². The van der Waals surface area contributed by atoms with Crippen LogP contribution in [0.2, 0.25) is 0 Å². The summed E-state index contributed by atoms with van der Waals surface area (Å²) in [7, 11) is -2.44. The molecule has 0 saturated heterocycles. The molecule has 0 fully saturated rings. The Hall–Kier alpha value is -4.14. The summed E-state index contributed by atoms with van der Waals surface area (Å²) in [6.07, 6.45) is -0.872. The van der Waals surface area contributed by atoms with E-state index in [0.29, 0.717) is 11.4 Å². The van der Waals surface area contributed by atoms with Crippen LogP contribution in [0.4, 0.5) is 5.69 Å². The molecule has 0 radical (unpaired) electrons. The number of hydrogen-bond acceptors (Lipinski definition) is 6. The predicted molar refractivity (Wildman–Crippen MR) is 150 cm³/mol. The van der Waals surface area contributed by atoms with E-state index in [9.17, 15) is 13.2 Å². The van der Waals surface area contributed by atoms with Gasteiger partial charge in [-0.15, -0.1) is 0 Å². The molecule has 1 heterocycles. The topological polar surface area (TPSA) is 84.9 Å². The summed E-state index contributed by atoms with van der Waals surface area (Å²) in [6, 6.07) is 30.1. The smallest absolute Gasteiger partial charge is 0.308 e. The van der Waals surface area contributed by atoms with Crippen LogP contribution in [0.15, 0.2) is 108 Å². The highest BCUT2D eigenvalue weighted by atomic mass is 32.2. The highest BCUT2D eigenvalue weighted by Crippen LogP contribution is 2.47. The number of nitrogens with one attached hydrogen (secondary N) is 1. The van der Waals surface area contributed by atoms with Crippen LogP contribution in [-0.2, 0) is 26.2 Å². The van der Waals surface area contributed by atoms with Gasteiger partial charge in [0.25, 0.3) is 0 Å². The van der Waals surface area contributed by atoms with Crippen molar-refractivity contribution in [3.8, 4) is 5.75 Å². The second-order valence-corrected chi connectivity index (χ2v) is 11.3. The number of anilines is 1. The Balaban J connectivity index is 1.51. The third-order valence-electron chi connectivity index (χ3n) is 6.80. The van der Waals surface area contributed by atoms with Crippen molar-refractivity contribution in [1.29, 1.82) is 0 Å². The van der Waals surface area contributed by atoms with Gasteiger partial charge >= 0.3 is 5.97 Å². The lowest BCUT2D eigenvalue weighted by Gasteiger charge is -2.30. The predicted octanol–water partition coefficient (Wildman–Crippen LogP) is 5.99. The SMILES string of the molecule is COc1ccc(N[C@H]2c3ccccc3[C@@H](CC(=O)OCc3ccccc3)N2S(=O)(=O)c2ccc(C)cc2)cc1. The number of sulfonamides is 1.